The molecule has 0 fully saturated rings. The lowest BCUT2D eigenvalue weighted by Crippen LogP contribution is -2.00. The topological polar surface area (TPSA) is 55.9 Å². The second-order valence-corrected chi connectivity index (χ2v) is 13.7. The molecule has 0 radical (unpaired) electrons. The van der Waals surface area contributed by atoms with Crippen LogP contribution in [0.15, 0.2) is 188 Å². The number of pyridine rings is 1. The fourth-order valence-electron chi connectivity index (χ4n) is 7.64. The van der Waals surface area contributed by atoms with Gasteiger partial charge in [-0.1, -0.05) is 152 Å². The van der Waals surface area contributed by atoms with Crippen LogP contribution in [0.25, 0.3) is 105 Å². The largest absolute Gasteiger partial charge is 0.256 e. The fraction of sp³-hybridized carbons (Fsp3) is 0. The molecule has 0 bridgehead atoms. The van der Waals surface area contributed by atoms with Crippen molar-refractivity contribution in [1.29, 1.82) is 0 Å². The van der Waals surface area contributed by atoms with E-state index < -0.39 is 0 Å². The molecule has 0 atom stereocenters. The highest BCUT2D eigenvalue weighted by Crippen LogP contribution is 2.42. The van der Waals surface area contributed by atoms with E-state index in [1.807, 2.05) is 97.2 Å². The molecular formula is C51H31N5. The number of hydrogen-bond donors (Lipinski definition) is 0. The van der Waals surface area contributed by atoms with Gasteiger partial charge in [0.2, 0.25) is 0 Å². The van der Waals surface area contributed by atoms with E-state index in [1.54, 1.807) is 0 Å². The first kappa shape index (κ1) is 32.8. The predicted molar refractivity (Wildman–Crippen MR) is 229 cm³/mol. The Morgan fingerprint density at radius 2 is 0.839 bits per heavy atom. The monoisotopic (exact) mass is 713 g/mol. The van der Waals surface area contributed by atoms with Crippen molar-refractivity contribution in [3.05, 3.63) is 200 Å². The standard InChI is InChI=1S/C51H31N5/c1-52-40-26-24-33(25-27-40)36-17-10-19-38(29-36)45-32-46-42-22-9-8-21-41(42)44(31-47(46)43-23-12-28-53-48(43)45)37-18-11-20-39(30-37)51-55-49(34-13-4-2-5-14-34)54-50(56-51)35-15-6-3-7-16-35/h2-32H. The second-order valence-electron chi connectivity index (χ2n) is 13.7. The summed E-state index contributed by atoms with van der Waals surface area (Å²) < 4.78 is 0. The number of benzene rings is 8. The maximum atomic E-state index is 7.35. The van der Waals surface area contributed by atoms with E-state index in [2.05, 4.69) is 95.8 Å². The molecule has 5 heteroatoms. The van der Waals surface area contributed by atoms with Gasteiger partial charge in [0.15, 0.2) is 23.2 Å². The molecule has 0 aliphatic carbocycles. The van der Waals surface area contributed by atoms with E-state index in [-0.39, 0.29) is 0 Å². The number of hydrogen-bond acceptors (Lipinski definition) is 4. The van der Waals surface area contributed by atoms with Crippen LogP contribution >= 0.6 is 0 Å². The maximum Gasteiger partial charge on any atom is 0.187 e. The normalized spacial score (nSPS) is 11.2. The molecule has 0 amide bonds. The molecule has 5 nitrogen and oxygen atoms in total. The molecule has 0 aliphatic rings. The zero-order chi connectivity index (χ0) is 37.4. The SMILES string of the molecule is [C-]#[N+]c1ccc(-c2cccc(-c3cc4c5ccccc5c(-c5cccc(-c6nc(-c7ccccc7)nc(-c7ccccc7)n6)c5)cc4c4cccnc34)c2)cc1. The molecule has 0 aliphatic heterocycles. The maximum absolute atomic E-state index is 7.35. The molecule has 8 aromatic carbocycles. The van der Waals surface area contributed by atoms with Gasteiger partial charge in [-0.2, -0.15) is 0 Å². The minimum atomic E-state index is 0.619. The lowest BCUT2D eigenvalue weighted by Gasteiger charge is -2.16. The van der Waals surface area contributed by atoms with E-state index in [0.29, 0.717) is 23.2 Å². The summed E-state index contributed by atoms with van der Waals surface area (Å²) in [7, 11) is 0. The Balaban J connectivity index is 1.14. The van der Waals surface area contributed by atoms with E-state index in [0.717, 1.165) is 71.7 Å². The van der Waals surface area contributed by atoms with Gasteiger partial charge in [0, 0.05) is 33.8 Å². The first-order valence-electron chi connectivity index (χ1n) is 18.5. The molecule has 0 saturated heterocycles. The van der Waals surface area contributed by atoms with Crippen molar-refractivity contribution in [3.63, 3.8) is 0 Å². The molecule has 0 N–H and O–H groups in total. The number of nitrogens with zero attached hydrogens (tertiary/aromatic N) is 5. The fourth-order valence-corrected chi connectivity index (χ4v) is 7.64. The summed E-state index contributed by atoms with van der Waals surface area (Å²) in [5.41, 5.74) is 10.9. The lowest BCUT2D eigenvalue weighted by molar-refractivity contribution is 1.07. The Morgan fingerprint density at radius 3 is 1.52 bits per heavy atom. The minimum Gasteiger partial charge on any atom is -0.256 e. The van der Waals surface area contributed by atoms with Crippen molar-refractivity contribution in [2.24, 2.45) is 0 Å². The van der Waals surface area contributed by atoms with Crippen LogP contribution in [0, 0.1) is 6.57 Å². The van der Waals surface area contributed by atoms with Gasteiger partial charge in [-0.15, -0.1) is 0 Å². The van der Waals surface area contributed by atoms with Gasteiger partial charge in [-0.05, 0) is 79.7 Å². The van der Waals surface area contributed by atoms with Crippen molar-refractivity contribution in [2.75, 3.05) is 0 Å². The highest BCUT2D eigenvalue weighted by molar-refractivity contribution is 6.23. The summed E-state index contributed by atoms with van der Waals surface area (Å²) in [6.45, 7) is 7.35. The molecular weight excluding hydrogens is 683 g/mol. The van der Waals surface area contributed by atoms with Gasteiger partial charge in [-0.3, -0.25) is 4.98 Å². The molecule has 2 aromatic heterocycles. The van der Waals surface area contributed by atoms with Gasteiger partial charge in [0.05, 0.1) is 12.1 Å². The number of fused-ring (bicyclic) bond motifs is 5. The Hall–Kier alpha value is -7.81. The smallest absolute Gasteiger partial charge is 0.187 e. The van der Waals surface area contributed by atoms with Crippen LogP contribution in [0.4, 0.5) is 5.69 Å². The van der Waals surface area contributed by atoms with Gasteiger partial charge in [0.1, 0.15) is 0 Å². The molecule has 2 heterocycles. The average Bonchev–Trinajstić information content (AvgIpc) is 3.29. The molecule has 56 heavy (non-hydrogen) atoms. The molecule has 10 aromatic rings. The molecule has 0 saturated carbocycles. The number of rotatable bonds is 6. The van der Waals surface area contributed by atoms with Crippen LogP contribution in [0.1, 0.15) is 0 Å². The molecule has 10 rings (SSSR count). The highest BCUT2D eigenvalue weighted by Gasteiger charge is 2.17. The third-order valence-corrected chi connectivity index (χ3v) is 10.4. The Morgan fingerprint density at radius 1 is 0.339 bits per heavy atom. The highest BCUT2D eigenvalue weighted by atomic mass is 15.0. The minimum absolute atomic E-state index is 0.619. The van der Waals surface area contributed by atoms with E-state index in [9.17, 15) is 0 Å². The summed E-state index contributed by atoms with van der Waals surface area (Å²) in [5, 5.41) is 5.72. The van der Waals surface area contributed by atoms with Crippen molar-refractivity contribution in [2.45, 2.75) is 0 Å². The summed E-state index contributed by atoms with van der Waals surface area (Å²) in [5.74, 6) is 1.89. The molecule has 260 valence electrons. The van der Waals surface area contributed by atoms with Crippen molar-refractivity contribution < 1.29 is 0 Å². The van der Waals surface area contributed by atoms with Crippen LogP contribution in [-0.2, 0) is 0 Å². The van der Waals surface area contributed by atoms with Crippen LogP contribution in [0.5, 0.6) is 0 Å². The summed E-state index contributed by atoms with van der Waals surface area (Å²) in [6, 6.07) is 62.5. The van der Waals surface area contributed by atoms with Gasteiger partial charge < -0.3 is 0 Å². The quantitative estimate of drug-likeness (QED) is 0.127. The van der Waals surface area contributed by atoms with Crippen LogP contribution in [0.3, 0.4) is 0 Å². The zero-order valence-corrected chi connectivity index (χ0v) is 30.1. The van der Waals surface area contributed by atoms with E-state index in [4.69, 9.17) is 26.5 Å². The molecule has 0 spiro atoms. The Kier molecular flexibility index (Phi) is 8.13. The third kappa shape index (κ3) is 5.92. The first-order chi connectivity index (χ1) is 27.7. The van der Waals surface area contributed by atoms with Crippen LogP contribution < -0.4 is 0 Å². The first-order valence-corrected chi connectivity index (χ1v) is 18.5. The van der Waals surface area contributed by atoms with Gasteiger partial charge >= 0.3 is 0 Å². The van der Waals surface area contributed by atoms with Crippen molar-refractivity contribution >= 4 is 38.1 Å². The summed E-state index contributed by atoms with van der Waals surface area (Å²) >= 11 is 0. The zero-order valence-electron chi connectivity index (χ0n) is 30.1. The Bertz CT molecular complexity index is 3070. The lowest BCUT2D eigenvalue weighted by atomic mass is 9.88. The average molecular weight is 714 g/mol. The van der Waals surface area contributed by atoms with Gasteiger partial charge in [-0.25, -0.2) is 19.8 Å². The summed E-state index contributed by atoms with van der Waals surface area (Å²) in [4.78, 5) is 23.5. The van der Waals surface area contributed by atoms with Crippen LogP contribution in [0.2, 0.25) is 0 Å². The second kappa shape index (κ2) is 13.9. The van der Waals surface area contributed by atoms with Crippen molar-refractivity contribution in [3.8, 4) is 67.5 Å². The van der Waals surface area contributed by atoms with Crippen molar-refractivity contribution in [1.82, 2.24) is 19.9 Å². The van der Waals surface area contributed by atoms with E-state index in [1.165, 1.54) is 10.8 Å². The predicted octanol–water partition coefficient (Wildman–Crippen LogP) is 13.3. The Labute approximate surface area is 324 Å². The van der Waals surface area contributed by atoms with E-state index >= 15 is 0 Å². The number of aromatic nitrogens is 4. The summed E-state index contributed by atoms with van der Waals surface area (Å²) in [6.07, 6.45) is 1.87. The van der Waals surface area contributed by atoms with Crippen LogP contribution in [-0.4, -0.2) is 19.9 Å². The van der Waals surface area contributed by atoms with Gasteiger partial charge in [0.25, 0.3) is 0 Å². The third-order valence-electron chi connectivity index (χ3n) is 10.4. The molecule has 0 unspecified atom stereocenters.